The van der Waals surface area contributed by atoms with E-state index in [4.69, 9.17) is 5.14 Å². The fraction of sp³-hybridized carbons (Fsp3) is 0.308. The Bertz CT molecular complexity index is 654. The zero-order valence-corrected chi connectivity index (χ0v) is 13.2. The van der Waals surface area contributed by atoms with Crippen LogP contribution in [0.15, 0.2) is 40.2 Å². The third-order valence-electron chi connectivity index (χ3n) is 3.02. The molecule has 0 heterocycles. The monoisotopic (exact) mass is 358 g/mol. The molecule has 2 rings (SSSR count). The molecule has 0 radical (unpaired) electrons. The van der Waals surface area contributed by atoms with Crippen LogP contribution in [-0.2, 0) is 10.0 Å². The first-order valence-corrected chi connectivity index (χ1v) is 8.42. The average Bonchev–Trinajstić information content (AvgIpc) is 3.17. The second kappa shape index (κ2) is 5.67. The SMILES string of the molecule is C=CCN(C(=O)c1cc(Br)cc(S(N)(=O)=O)c1)C1CC1. The summed E-state index contributed by atoms with van der Waals surface area (Å²) in [5.41, 5.74) is 0.303. The zero-order chi connectivity index (χ0) is 14.9. The van der Waals surface area contributed by atoms with Gasteiger partial charge in [0, 0.05) is 22.6 Å². The summed E-state index contributed by atoms with van der Waals surface area (Å²) in [7, 11) is -3.84. The molecule has 1 aromatic rings. The van der Waals surface area contributed by atoms with Gasteiger partial charge in [-0.25, -0.2) is 13.6 Å². The molecule has 0 aromatic heterocycles. The quantitative estimate of drug-likeness (QED) is 0.816. The van der Waals surface area contributed by atoms with E-state index in [2.05, 4.69) is 22.5 Å². The van der Waals surface area contributed by atoms with Gasteiger partial charge >= 0.3 is 0 Å². The summed E-state index contributed by atoms with van der Waals surface area (Å²) in [6, 6.07) is 4.50. The minimum Gasteiger partial charge on any atom is -0.332 e. The van der Waals surface area contributed by atoms with Crippen molar-refractivity contribution in [3.8, 4) is 0 Å². The lowest BCUT2D eigenvalue weighted by Crippen LogP contribution is -2.33. The highest BCUT2D eigenvalue weighted by Gasteiger charge is 2.32. The Morgan fingerprint density at radius 3 is 2.60 bits per heavy atom. The molecular formula is C13H15BrN2O3S. The molecule has 1 amide bonds. The van der Waals surface area contributed by atoms with Gasteiger partial charge in [0.2, 0.25) is 10.0 Å². The van der Waals surface area contributed by atoms with Gasteiger partial charge in [0.25, 0.3) is 5.91 Å². The largest absolute Gasteiger partial charge is 0.332 e. The van der Waals surface area contributed by atoms with Gasteiger partial charge in [0.1, 0.15) is 0 Å². The molecule has 1 aliphatic carbocycles. The van der Waals surface area contributed by atoms with Crippen molar-refractivity contribution in [1.29, 1.82) is 0 Å². The van der Waals surface area contributed by atoms with Gasteiger partial charge in [0.15, 0.2) is 0 Å². The molecular weight excluding hydrogens is 344 g/mol. The Labute approximate surface area is 126 Å². The summed E-state index contributed by atoms with van der Waals surface area (Å²) in [6.07, 6.45) is 3.60. The summed E-state index contributed by atoms with van der Waals surface area (Å²) in [4.78, 5) is 14.1. The first-order chi connectivity index (χ1) is 9.32. The molecule has 0 saturated heterocycles. The number of halogens is 1. The van der Waals surface area contributed by atoms with Gasteiger partial charge in [-0.2, -0.15) is 0 Å². The van der Waals surface area contributed by atoms with E-state index < -0.39 is 10.0 Å². The maximum absolute atomic E-state index is 12.5. The minimum absolute atomic E-state index is 0.0791. The highest BCUT2D eigenvalue weighted by Crippen LogP contribution is 2.29. The summed E-state index contributed by atoms with van der Waals surface area (Å²) in [6.45, 7) is 4.09. The van der Waals surface area contributed by atoms with Gasteiger partial charge in [-0.3, -0.25) is 4.79 Å². The standard InChI is InChI=1S/C13H15BrN2O3S/c1-2-5-16(11-3-4-11)13(17)9-6-10(14)8-12(7-9)20(15,18)19/h2,6-8,11H,1,3-5H2,(H2,15,18,19). The Hall–Kier alpha value is -1.18. The minimum atomic E-state index is -3.84. The van der Waals surface area contributed by atoms with Crippen LogP contribution in [-0.4, -0.2) is 31.8 Å². The summed E-state index contributed by atoms with van der Waals surface area (Å²) < 4.78 is 23.3. The molecule has 108 valence electrons. The van der Waals surface area contributed by atoms with Crippen LogP contribution in [0, 0.1) is 0 Å². The first kappa shape index (κ1) is 15.2. The van der Waals surface area contributed by atoms with E-state index >= 15 is 0 Å². The number of nitrogens with zero attached hydrogens (tertiary/aromatic N) is 1. The second-order valence-corrected chi connectivity index (χ2v) is 7.18. The molecule has 0 unspecified atom stereocenters. The number of sulfonamides is 1. The van der Waals surface area contributed by atoms with Gasteiger partial charge in [-0.15, -0.1) is 6.58 Å². The predicted molar refractivity (Wildman–Crippen MR) is 79.8 cm³/mol. The molecule has 0 aliphatic heterocycles. The Balaban J connectivity index is 2.38. The van der Waals surface area contributed by atoms with Gasteiger partial charge in [0.05, 0.1) is 4.90 Å². The predicted octanol–water partition coefficient (Wildman–Crippen LogP) is 1.89. The number of hydrogen-bond acceptors (Lipinski definition) is 3. The molecule has 0 bridgehead atoms. The van der Waals surface area contributed by atoms with E-state index in [-0.39, 0.29) is 16.8 Å². The van der Waals surface area contributed by atoms with E-state index in [0.717, 1.165) is 12.8 Å². The highest BCUT2D eigenvalue weighted by molar-refractivity contribution is 9.10. The number of nitrogens with two attached hydrogens (primary N) is 1. The molecule has 0 spiro atoms. The van der Waals surface area contributed by atoms with Gasteiger partial charge in [-0.05, 0) is 31.0 Å². The van der Waals surface area contributed by atoms with Gasteiger partial charge in [-0.1, -0.05) is 22.0 Å². The number of primary sulfonamides is 1. The number of benzene rings is 1. The summed E-state index contributed by atoms with van der Waals surface area (Å²) >= 11 is 3.20. The maximum Gasteiger partial charge on any atom is 0.254 e. The Morgan fingerprint density at radius 1 is 1.45 bits per heavy atom. The van der Waals surface area contributed by atoms with Crippen molar-refractivity contribution in [1.82, 2.24) is 4.90 Å². The van der Waals surface area contributed by atoms with Crippen LogP contribution in [0.1, 0.15) is 23.2 Å². The third-order valence-corrected chi connectivity index (χ3v) is 4.37. The number of hydrogen-bond donors (Lipinski definition) is 1. The number of rotatable bonds is 5. The lowest BCUT2D eigenvalue weighted by molar-refractivity contribution is 0.0762. The van der Waals surface area contributed by atoms with Gasteiger partial charge < -0.3 is 4.90 Å². The number of carbonyl (C=O) groups excluding carboxylic acids is 1. The van der Waals surface area contributed by atoms with Crippen LogP contribution in [0.5, 0.6) is 0 Å². The molecule has 1 aliphatic rings. The second-order valence-electron chi connectivity index (χ2n) is 4.70. The van der Waals surface area contributed by atoms with Crippen molar-refractivity contribution < 1.29 is 13.2 Å². The van der Waals surface area contributed by atoms with Crippen LogP contribution < -0.4 is 5.14 Å². The Kier molecular flexibility index (Phi) is 4.31. The summed E-state index contributed by atoms with van der Waals surface area (Å²) in [5.74, 6) is -0.210. The van der Waals surface area contributed by atoms with Crippen LogP contribution in [0.25, 0.3) is 0 Å². The molecule has 2 N–H and O–H groups in total. The van der Waals surface area contributed by atoms with Crippen LogP contribution >= 0.6 is 15.9 Å². The van der Waals surface area contributed by atoms with Crippen molar-refractivity contribution in [3.63, 3.8) is 0 Å². The molecule has 0 atom stereocenters. The fourth-order valence-electron chi connectivity index (χ4n) is 1.94. The first-order valence-electron chi connectivity index (χ1n) is 6.08. The topological polar surface area (TPSA) is 80.5 Å². The van der Waals surface area contributed by atoms with E-state index in [1.54, 1.807) is 17.0 Å². The van der Waals surface area contributed by atoms with E-state index in [1.807, 2.05) is 0 Å². The lowest BCUT2D eigenvalue weighted by atomic mass is 10.2. The van der Waals surface area contributed by atoms with Crippen LogP contribution in [0.2, 0.25) is 0 Å². The molecule has 7 heteroatoms. The van der Waals surface area contributed by atoms with Crippen LogP contribution in [0.3, 0.4) is 0 Å². The zero-order valence-electron chi connectivity index (χ0n) is 10.8. The van der Waals surface area contributed by atoms with Crippen molar-refractivity contribution in [2.24, 2.45) is 5.14 Å². The van der Waals surface area contributed by atoms with E-state index in [9.17, 15) is 13.2 Å². The van der Waals surface area contributed by atoms with E-state index in [0.29, 0.717) is 16.6 Å². The average molecular weight is 359 g/mol. The van der Waals surface area contributed by atoms with Crippen molar-refractivity contribution >= 4 is 31.9 Å². The summed E-state index contributed by atoms with van der Waals surface area (Å²) in [5, 5.41) is 5.11. The lowest BCUT2D eigenvalue weighted by Gasteiger charge is -2.21. The third kappa shape index (κ3) is 3.47. The van der Waals surface area contributed by atoms with Crippen LogP contribution in [0.4, 0.5) is 0 Å². The Morgan fingerprint density at radius 2 is 2.10 bits per heavy atom. The number of carbonyl (C=O) groups is 1. The highest BCUT2D eigenvalue weighted by atomic mass is 79.9. The van der Waals surface area contributed by atoms with Crippen molar-refractivity contribution in [2.75, 3.05) is 6.54 Å². The molecule has 1 aromatic carbocycles. The molecule has 1 saturated carbocycles. The number of amides is 1. The smallest absolute Gasteiger partial charge is 0.254 e. The fourth-order valence-corrected chi connectivity index (χ4v) is 3.17. The molecule has 20 heavy (non-hydrogen) atoms. The molecule has 5 nitrogen and oxygen atoms in total. The maximum atomic E-state index is 12.5. The molecule has 1 fully saturated rings. The van der Waals surface area contributed by atoms with E-state index in [1.165, 1.54) is 12.1 Å². The van der Waals surface area contributed by atoms with Crippen molar-refractivity contribution in [2.45, 2.75) is 23.8 Å². The van der Waals surface area contributed by atoms with Crippen molar-refractivity contribution in [3.05, 3.63) is 40.9 Å². The normalized spacial score (nSPS) is 14.9.